The molecule has 8 nitrogen and oxygen atoms in total. The van der Waals surface area contributed by atoms with E-state index in [1.54, 1.807) is 4.90 Å². The standard InChI is InChI=1S/C23H31N5O3/c29-21-4-3-20(22(30)25-21)28-15-17-13-16(1-2-19(17)23(28)31)14-26-9-5-18(6-10-26)27-11-7-24-8-12-27/h1-2,13,18,20,24H,3-12,14-15H2,(H,25,29,30). The number of carbonyl (C=O) groups excluding carboxylic acids is 3. The topological polar surface area (TPSA) is 85.0 Å². The van der Waals surface area contributed by atoms with Gasteiger partial charge in [-0.2, -0.15) is 0 Å². The summed E-state index contributed by atoms with van der Waals surface area (Å²) in [7, 11) is 0. The molecular weight excluding hydrogens is 394 g/mol. The van der Waals surface area contributed by atoms with E-state index >= 15 is 0 Å². The molecule has 1 atom stereocenters. The second-order valence-electron chi connectivity index (χ2n) is 9.18. The number of benzene rings is 1. The minimum absolute atomic E-state index is 0.104. The van der Waals surface area contributed by atoms with Crippen LogP contribution in [0, 0.1) is 0 Å². The van der Waals surface area contributed by atoms with Crippen molar-refractivity contribution < 1.29 is 14.4 Å². The van der Waals surface area contributed by atoms with Crippen LogP contribution in [0.1, 0.15) is 47.2 Å². The molecule has 5 rings (SSSR count). The van der Waals surface area contributed by atoms with Gasteiger partial charge in [-0.1, -0.05) is 12.1 Å². The lowest BCUT2D eigenvalue weighted by molar-refractivity contribution is -0.136. The molecule has 0 bridgehead atoms. The highest BCUT2D eigenvalue weighted by Crippen LogP contribution is 2.29. The van der Waals surface area contributed by atoms with Crippen LogP contribution in [0.25, 0.3) is 0 Å². The summed E-state index contributed by atoms with van der Waals surface area (Å²) in [6.45, 7) is 8.07. The van der Waals surface area contributed by atoms with E-state index in [-0.39, 0.29) is 24.1 Å². The molecule has 4 heterocycles. The predicted octanol–water partition coefficient (Wildman–Crippen LogP) is 0.317. The number of nitrogens with one attached hydrogen (secondary N) is 2. The number of imide groups is 1. The minimum Gasteiger partial charge on any atom is -0.322 e. The lowest BCUT2D eigenvalue weighted by Gasteiger charge is -2.40. The van der Waals surface area contributed by atoms with Crippen molar-refractivity contribution in [2.75, 3.05) is 39.3 Å². The van der Waals surface area contributed by atoms with Crippen LogP contribution < -0.4 is 10.6 Å². The van der Waals surface area contributed by atoms with Gasteiger partial charge < -0.3 is 10.2 Å². The summed E-state index contributed by atoms with van der Waals surface area (Å²) in [5.74, 6) is -0.716. The number of hydrogen-bond acceptors (Lipinski definition) is 6. The van der Waals surface area contributed by atoms with E-state index in [0.717, 1.165) is 51.4 Å². The summed E-state index contributed by atoms with van der Waals surface area (Å²) in [6, 6.07) is 6.24. The Morgan fingerprint density at radius 3 is 2.48 bits per heavy atom. The maximum atomic E-state index is 12.9. The zero-order valence-electron chi connectivity index (χ0n) is 17.9. The van der Waals surface area contributed by atoms with Crippen LogP contribution in [0.3, 0.4) is 0 Å². The SMILES string of the molecule is O=C1CCC(N2Cc3cc(CN4CCC(N5CCNCC5)CC4)ccc3C2=O)C(=O)N1. The summed E-state index contributed by atoms with van der Waals surface area (Å²) >= 11 is 0. The number of fused-ring (bicyclic) bond motifs is 1. The second-order valence-corrected chi connectivity index (χ2v) is 9.18. The highest BCUT2D eigenvalue weighted by molar-refractivity contribution is 6.05. The second kappa shape index (κ2) is 8.68. The van der Waals surface area contributed by atoms with Crippen molar-refractivity contribution in [2.45, 2.75) is 50.9 Å². The van der Waals surface area contributed by atoms with Gasteiger partial charge in [-0.15, -0.1) is 0 Å². The van der Waals surface area contributed by atoms with E-state index in [0.29, 0.717) is 24.6 Å². The van der Waals surface area contributed by atoms with E-state index in [2.05, 4.69) is 26.5 Å². The van der Waals surface area contributed by atoms with E-state index in [4.69, 9.17) is 0 Å². The van der Waals surface area contributed by atoms with Gasteiger partial charge in [0.05, 0.1) is 0 Å². The number of nitrogens with zero attached hydrogens (tertiary/aromatic N) is 3. The Bertz CT molecular complexity index is 874. The zero-order valence-corrected chi connectivity index (χ0v) is 17.9. The van der Waals surface area contributed by atoms with Crippen LogP contribution in [0.5, 0.6) is 0 Å². The van der Waals surface area contributed by atoms with E-state index in [1.165, 1.54) is 18.4 Å². The van der Waals surface area contributed by atoms with Crippen molar-refractivity contribution >= 4 is 17.7 Å². The Labute approximate surface area is 182 Å². The molecule has 8 heteroatoms. The fraction of sp³-hybridized carbons (Fsp3) is 0.609. The molecule has 0 aromatic heterocycles. The number of likely N-dealkylation sites (tertiary alicyclic amines) is 1. The fourth-order valence-electron chi connectivity index (χ4n) is 5.47. The molecule has 1 aromatic rings. The van der Waals surface area contributed by atoms with Crippen molar-refractivity contribution in [1.29, 1.82) is 0 Å². The Morgan fingerprint density at radius 2 is 1.74 bits per heavy atom. The van der Waals surface area contributed by atoms with Gasteiger partial charge in [-0.25, -0.2) is 0 Å². The minimum atomic E-state index is -0.551. The van der Waals surface area contributed by atoms with Gasteiger partial charge in [-0.3, -0.25) is 29.5 Å². The maximum absolute atomic E-state index is 12.9. The molecule has 31 heavy (non-hydrogen) atoms. The Hall–Kier alpha value is -2.29. The molecule has 0 saturated carbocycles. The van der Waals surface area contributed by atoms with Crippen molar-refractivity contribution in [3.05, 3.63) is 34.9 Å². The largest absolute Gasteiger partial charge is 0.322 e. The third-order valence-electron chi connectivity index (χ3n) is 7.22. The molecule has 4 aliphatic heterocycles. The monoisotopic (exact) mass is 425 g/mol. The molecule has 4 aliphatic rings. The number of piperazine rings is 1. The van der Waals surface area contributed by atoms with Crippen molar-refractivity contribution in [1.82, 2.24) is 25.3 Å². The van der Waals surface area contributed by atoms with Crippen LogP contribution in [0.15, 0.2) is 18.2 Å². The number of rotatable bonds is 4. The maximum Gasteiger partial charge on any atom is 0.255 e. The third kappa shape index (κ3) is 4.24. The first kappa shape index (κ1) is 20.6. The van der Waals surface area contributed by atoms with Crippen molar-refractivity contribution in [2.24, 2.45) is 0 Å². The molecule has 3 fully saturated rings. The third-order valence-corrected chi connectivity index (χ3v) is 7.22. The van der Waals surface area contributed by atoms with Crippen molar-refractivity contribution in [3.63, 3.8) is 0 Å². The number of piperidine rings is 2. The van der Waals surface area contributed by atoms with Gasteiger partial charge >= 0.3 is 0 Å². The molecular formula is C23H31N5O3. The lowest BCUT2D eigenvalue weighted by atomic mass is 10.0. The molecule has 1 unspecified atom stereocenters. The van der Waals surface area contributed by atoms with Gasteiger partial charge in [0, 0.05) is 57.3 Å². The first-order valence-electron chi connectivity index (χ1n) is 11.5. The van der Waals surface area contributed by atoms with Gasteiger partial charge in [0.25, 0.3) is 5.91 Å². The highest BCUT2D eigenvalue weighted by Gasteiger charge is 2.39. The van der Waals surface area contributed by atoms with E-state index in [9.17, 15) is 14.4 Å². The molecule has 0 aliphatic carbocycles. The summed E-state index contributed by atoms with van der Waals surface area (Å²) in [6.07, 6.45) is 3.12. The number of hydrogen-bond donors (Lipinski definition) is 2. The summed E-state index contributed by atoms with van der Waals surface area (Å²) in [4.78, 5) is 43.3. The molecule has 166 valence electrons. The quantitative estimate of drug-likeness (QED) is 0.676. The lowest BCUT2D eigenvalue weighted by Crippen LogP contribution is -2.52. The summed E-state index contributed by atoms with van der Waals surface area (Å²) in [5, 5.41) is 5.79. The fourth-order valence-corrected chi connectivity index (χ4v) is 5.47. The Balaban J connectivity index is 1.19. The van der Waals surface area contributed by atoms with Gasteiger partial charge in [-0.05, 0) is 49.5 Å². The van der Waals surface area contributed by atoms with Gasteiger partial charge in [0.15, 0.2) is 0 Å². The highest BCUT2D eigenvalue weighted by atomic mass is 16.2. The van der Waals surface area contributed by atoms with Crippen LogP contribution in [0.4, 0.5) is 0 Å². The first-order valence-corrected chi connectivity index (χ1v) is 11.5. The molecule has 3 saturated heterocycles. The van der Waals surface area contributed by atoms with Crippen LogP contribution in [-0.2, 0) is 22.7 Å². The summed E-state index contributed by atoms with van der Waals surface area (Å²) < 4.78 is 0. The number of carbonyl (C=O) groups is 3. The van der Waals surface area contributed by atoms with Crippen LogP contribution >= 0.6 is 0 Å². The average molecular weight is 426 g/mol. The molecule has 3 amide bonds. The van der Waals surface area contributed by atoms with E-state index in [1.807, 2.05) is 12.1 Å². The molecule has 0 radical (unpaired) electrons. The summed E-state index contributed by atoms with van der Waals surface area (Å²) in [5.41, 5.74) is 2.89. The van der Waals surface area contributed by atoms with Crippen LogP contribution in [0.2, 0.25) is 0 Å². The van der Waals surface area contributed by atoms with Gasteiger partial charge in [0.2, 0.25) is 11.8 Å². The van der Waals surface area contributed by atoms with Crippen molar-refractivity contribution in [3.8, 4) is 0 Å². The average Bonchev–Trinajstić information content (AvgIpc) is 3.10. The first-order chi connectivity index (χ1) is 15.1. The predicted molar refractivity (Wildman–Crippen MR) is 115 cm³/mol. The number of amides is 3. The molecule has 1 aromatic carbocycles. The van der Waals surface area contributed by atoms with Crippen LogP contribution in [-0.4, -0.2) is 83.8 Å². The Morgan fingerprint density at radius 1 is 0.968 bits per heavy atom. The normalized spacial score (nSPS) is 26.3. The molecule has 0 spiro atoms. The van der Waals surface area contributed by atoms with Gasteiger partial charge in [0.1, 0.15) is 6.04 Å². The smallest absolute Gasteiger partial charge is 0.255 e. The Kier molecular flexibility index (Phi) is 5.77. The molecule has 2 N–H and O–H groups in total. The zero-order chi connectivity index (χ0) is 21.4. The van der Waals surface area contributed by atoms with E-state index < -0.39 is 6.04 Å².